The summed E-state index contributed by atoms with van der Waals surface area (Å²) in [6.45, 7) is 0.467. The zero-order valence-electron chi connectivity index (χ0n) is 15.8. The second kappa shape index (κ2) is 8.94. The number of rotatable bonds is 5. The molecule has 2 aromatic carbocycles. The Labute approximate surface area is 174 Å². The maximum Gasteiger partial charge on any atom is 0.339 e. The third-order valence-corrected chi connectivity index (χ3v) is 6.98. The first kappa shape index (κ1) is 21.3. The number of piperidine rings is 1. The molecule has 1 fully saturated rings. The van der Waals surface area contributed by atoms with Crippen molar-refractivity contribution in [2.75, 3.05) is 25.5 Å². The molecule has 1 aliphatic heterocycles. The van der Waals surface area contributed by atoms with Crippen molar-refractivity contribution in [1.29, 1.82) is 0 Å². The highest BCUT2D eigenvalue weighted by atomic mass is 35.5. The molecule has 29 heavy (non-hydrogen) atoms. The number of sulfonamides is 1. The van der Waals surface area contributed by atoms with E-state index in [0.717, 1.165) is 0 Å². The molecule has 154 valence electrons. The van der Waals surface area contributed by atoms with E-state index in [1.165, 1.54) is 23.5 Å². The average Bonchev–Trinajstić information content (AvgIpc) is 2.75. The summed E-state index contributed by atoms with van der Waals surface area (Å²) in [4.78, 5) is 24.7. The average molecular weight is 437 g/mol. The van der Waals surface area contributed by atoms with Crippen molar-refractivity contribution in [3.05, 3.63) is 59.1 Å². The molecule has 9 heteroatoms. The Balaban J connectivity index is 1.73. The number of hydrogen-bond acceptors (Lipinski definition) is 5. The number of benzene rings is 2. The Morgan fingerprint density at radius 2 is 1.90 bits per heavy atom. The van der Waals surface area contributed by atoms with E-state index in [4.69, 9.17) is 11.6 Å². The summed E-state index contributed by atoms with van der Waals surface area (Å²) >= 11 is 6.00. The van der Waals surface area contributed by atoms with Gasteiger partial charge in [0.25, 0.3) is 0 Å². The summed E-state index contributed by atoms with van der Waals surface area (Å²) in [6, 6.07) is 12.7. The Hall–Kier alpha value is -2.42. The van der Waals surface area contributed by atoms with Gasteiger partial charge in [0.1, 0.15) is 0 Å². The lowest BCUT2D eigenvalue weighted by Gasteiger charge is -2.31. The minimum absolute atomic E-state index is 0.0977. The van der Waals surface area contributed by atoms with Crippen LogP contribution < -0.4 is 5.32 Å². The predicted molar refractivity (Wildman–Crippen MR) is 109 cm³/mol. The van der Waals surface area contributed by atoms with Gasteiger partial charge in [0.2, 0.25) is 15.9 Å². The van der Waals surface area contributed by atoms with Crippen molar-refractivity contribution in [3.8, 4) is 0 Å². The minimum atomic E-state index is -3.65. The summed E-state index contributed by atoms with van der Waals surface area (Å²) in [5, 5.41) is 2.96. The number of amides is 1. The number of halogens is 1. The molecule has 0 aliphatic carbocycles. The summed E-state index contributed by atoms with van der Waals surface area (Å²) in [7, 11) is -2.41. The highest BCUT2D eigenvalue weighted by Gasteiger charge is 2.33. The summed E-state index contributed by atoms with van der Waals surface area (Å²) in [5.41, 5.74) is 0.534. The SMILES string of the molecule is COC(=O)c1cc(NC(=O)C2CCCN(S(=O)(=O)c3ccccc3)C2)ccc1Cl. The van der Waals surface area contributed by atoms with Gasteiger partial charge in [-0.2, -0.15) is 4.31 Å². The van der Waals surface area contributed by atoms with Crippen LogP contribution in [0.5, 0.6) is 0 Å². The maximum atomic E-state index is 12.8. The van der Waals surface area contributed by atoms with Crippen LogP contribution in [0.25, 0.3) is 0 Å². The van der Waals surface area contributed by atoms with Crippen molar-refractivity contribution < 1.29 is 22.7 Å². The highest BCUT2D eigenvalue weighted by Crippen LogP contribution is 2.26. The molecule has 0 aromatic heterocycles. The summed E-state index contributed by atoms with van der Waals surface area (Å²) < 4.78 is 31.7. The van der Waals surface area contributed by atoms with Gasteiger partial charge in [-0.3, -0.25) is 4.79 Å². The van der Waals surface area contributed by atoms with Gasteiger partial charge in [-0.05, 0) is 43.2 Å². The molecule has 1 unspecified atom stereocenters. The van der Waals surface area contributed by atoms with Crippen LogP contribution in [-0.4, -0.2) is 44.8 Å². The molecule has 0 spiro atoms. The summed E-state index contributed by atoms with van der Waals surface area (Å²) in [6.07, 6.45) is 1.16. The molecule has 1 N–H and O–H groups in total. The molecule has 0 bridgehead atoms. The Morgan fingerprint density at radius 1 is 1.17 bits per heavy atom. The number of anilines is 1. The second-order valence-electron chi connectivity index (χ2n) is 6.69. The minimum Gasteiger partial charge on any atom is -0.465 e. The Bertz CT molecular complexity index is 1010. The first-order chi connectivity index (χ1) is 13.8. The molecule has 1 heterocycles. The van der Waals surface area contributed by atoms with Crippen LogP contribution in [0.2, 0.25) is 5.02 Å². The smallest absolute Gasteiger partial charge is 0.339 e. The maximum absolute atomic E-state index is 12.8. The zero-order valence-corrected chi connectivity index (χ0v) is 17.4. The van der Waals surface area contributed by atoms with E-state index in [2.05, 4.69) is 10.1 Å². The number of methoxy groups -OCH3 is 1. The lowest BCUT2D eigenvalue weighted by Crippen LogP contribution is -2.43. The summed E-state index contributed by atoms with van der Waals surface area (Å²) in [5.74, 6) is -1.42. The number of nitrogens with zero attached hydrogens (tertiary/aromatic N) is 1. The number of ether oxygens (including phenoxy) is 1. The first-order valence-electron chi connectivity index (χ1n) is 9.07. The van der Waals surface area contributed by atoms with E-state index in [1.807, 2.05) is 0 Å². The van der Waals surface area contributed by atoms with Crippen molar-refractivity contribution in [1.82, 2.24) is 4.31 Å². The number of esters is 1. The van der Waals surface area contributed by atoms with Crippen LogP contribution in [0.4, 0.5) is 5.69 Å². The van der Waals surface area contributed by atoms with Gasteiger partial charge < -0.3 is 10.1 Å². The fourth-order valence-electron chi connectivity index (χ4n) is 3.23. The van der Waals surface area contributed by atoms with E-state index >= 15 is 0 Å². The van der Waals surface area contributed by atoms with E-state index in [-0.39, 0.29) is 27.9 Å². The highest BCUT2D eigenvalue weighted by molar-refractivity contribution is 7.89. The number of nitrogens with one attached hydrogen (secondary N) is 1. The number of carbonyl (C=O) groups is 2. The van der Waals surface area contributed by atoms with E-state index in [1.54, 1.807) is 36.4 Å². The molecule has 7 nitrogen and oxygen atoms in total. The Morgan fingerprint density at radius 3 is 2.59 bits per heavy atom. The van der Waals surface area contributed by atoms with Gasteiger partial charge in [0.05, 0.1) is 28.5 Å². The van der Waals surface area contributed by atoms with Crippen LogP contribution >= 0.6 is 11.6 Å². The largest absolute Gasteiger partial charge is 0.465 e. The van der Waals surface area contributed by atoms with Gasteiger partial charge in [-0.15, -0.1) is 0 Å². The topological polar surface area (TPSA) is 92.8 Å². The number of hydrogen-bond donors (Lipinski definition) is 1. The van der Waals surface area contributed by atoms with Crippen LogP contribution in [-0.2, 0) is 19.6 Å². The standard InChI is InChI=1S/C20H21ClN2O5S/c1-28-20(25)17-12-15(9-10-18(17)21)22-19(24)14-6-5-11-23(13-14)29(26,27)16-7-3-2-4-8-16/h2-4,7-10,12,14H,5-6,11,13H2,1H3,(H,22,24). The van der Waals surface area contributed by atoms with Crippen LogP contribution in [0.1, 0.15) is 23.2 Å². The quantitative estimate of drug-likeness (QED) is 0.726. The molecular formula is C20H21ClN2O5S. The van der Waals surface area contributed by atoms with Crippen molar-refractivity contribution in [2.45, 2.75) is 17.7 Å². The molecule has 2 aromatic rings. The molecule has 1 aliphatic rings. The third-order valence-electron chi connectivity index (χ3n) is 4.78. The molecular weight excluding hydrogens is 416 g/mol. The van der Waals surface area contributed by atoms with E-state index in [0.29, 0.717) is 25.1 Å². The van der Waals surface area contributed by atoms with Gasteiger partial charge in [-0.1, -0.05) is 29.8 Å². The van der Waals surface area contributed by atoms with Gasteiger partial charge in [0.15, 0.2) is 0 Å². The first-order valence-corrected chi connectivity index (χ1v) is 10.9. The monoisotopic (exact) mass is 436 g/mol. The third kappa shape index (κ3) is 4.77. The molecule has 1 atom stereocenters. The lowest BCUT2D eigenvalue weighted by atomic mass is 9.98. The van der Waals surface area contributed by atoms with Crippen molar-refractivity contribution in [2.24, 2.45) is 5.92 Å². The van der Waals surface area contributed by atoms with Gasteiger partial charge >= 0.3 is 5.97 Å². The molecule has 1 saturated heterocycles. The molecule has 0 radical (unpaired) electrons. The van der Waals surface area contributed by atoms with Crippen LogP contribution in [0, 0.1) is 5.92 Å². The zero-order chi connectivity index (χ0) is 21.0. The van der Waals surface area contributed by atoms with Crippen molar-refractivity contribution >= 4 is 39.2 Å². The normalized spacial score (nSPS) is 17.5. The van der Waals surface area contributed by atoms with Gasteiger partial charge in [-0.25, -0.2) is 13.2 Å². The van der Waals surface area contributed by atoms with E-state index < -0.39 is 21.9 Å². The molecule has 0 saturated carbocycles. The number of carbonyl (C=O) groups excluding carboxylic acids is 2. The molecule has 3 rings (SSSR count). The lowest BCUT2D eigenvalue weighted by molar-refractivity contribution is -0.120. The fourth-order valence-corrected chi connectivity index (χ4v) is 4.97. The van der Waals surface area contributed by atoms with Crippen molar-refractivity contribution in [3.63, 3.8) is 0 Å². The fraction of sp³-hybridized carbons (Fsp3) is 0.300. The second-order valence-corrected chi connectivity index (χ2v) is 9.04. The predicted octanol–water partition coefficient (Wildman–Crippen LogP) is 3.17. The van der Waals surface area contributed by atoms with Crippen LogP contribution in [0.3, 0.4) is 0 Å². The van der Waals surface area contributed by atoms with E-state index in [9.17, 15) is 18.0 Å². The molecule has 1 amide bonds. The van der Waals surface area contributed by atoms with Crippen LogP contribution in [0.15, 0.2) is 53.4 Å². The van der Waals surface area contributed by atoms with Gasteiger partial charge in [0, 0.05) is 18.8 Å². The Kier molecular flexibility index (Phi) is 6.56.